The number of fused-ring (bicyclic) bond motifs is 1. The number of alkyl halides is 3. The van der Waals surface area contributed by atoms with Gasteiger partial charge in [0.25, 0.3) is 6.43 Å². The molecule has 0 amide bonds. The van der Waals surface area contributed by atoms with Crippen LogP contribution in [0.5, 0.6) is 5.75 Å². The minimum Gasteiger partial charge on any atom is -0.495 e. The highest BCUT2D eigenvalue weighted by Crippen LogP contribution is 2.31. The van der Waals surface area contributed by atoms with Gasteiger partial charge in [0, 0.05) is 23.4 Å². The quantitative estimate of drug-likeness (QED) is 0.439. The molecular formula is C21H20F3N3O3S. The van der Waals surface area contributed by atoms with Gasteiger partial charge in [-0.05, 0) is 36.3 Å². The predicted octanol–water partition coefficient (Wildman–Crippen LogP) is 3.83. The molecule has 1 unspecified atom stereocenters. The highest BCUT2D eigenvalue weighted by atomic mass is 32.2. The third-order valence-electron chi connectivity index (χ3n) is 4.56. The van der Waals surface area contributed by atoms with Crippen molar-refractivity contribution in [1.29, 1.82) is 0 Å². The van der Waals surface area contributed by atoms with Crippen LogP contribution >= 0.6 is 0 Å². The number of halogens is 3. The van der Waals surface area contributed by atoms with Crippen LogP contribution in [0.3, 0.4) is 0 Å². The Hall–Kier alpha value is -3.32. The maximum atomic E-state index is 14.2. The largest absolute Gasteiger partial charge is 0.495 e. The second kappa shape index (κ2) is 8.81. The summed E-state index contributed by atoms with van der Waals surface area (Å²) >= 11 is 0. The molecule has 1 heterocycles. The normalized spacial score (nSPS) is 12.5. The molecule has 1 aromatic heterocycles. The number of nitrogen functional groups attached to an aromatic ring is 1. The van der Waals surface area contributed by atoms with Crippen LogP contribution in [0.2, 0.25) is 0 Å². The van der Waals surface area contributed by atoms with Crippen molar-refractivity contribution in [3.63, 3.8) is 0 Å². The monoisotopic (exact) mass is 451 g/mol. The topological polar surface area (TPSA) is 86.3 Å². The Morgan fingerprint density at radius 3 is 2.58 bits per heavy atom. The van der Waals surface area contributed by atoms with E-state index in [1.807, 2.05) is 0 Å². The van der Waals surface area contributed by atoms with E-state index in [9.17, 15) is 21.6 Å². The lowest BCUT2D eigenvalue weighted by Gasteiger charge is -2.12. The van der Waals surface area contributed by atoms with Crippen molar-refractivity contribution in [3.8, 4) is 17.6 Å². The maximum Gasteiger partial charge on any atom is 0.288 e. The number of hydrogen-bond acceptors (Lipinski definition) is 5. The molecule has 2 aromatic carbocycles. The number of nitrogens with one attached hydrogen (secondary N) is 1. The molecule has 0 spiro atoms. The average Bonchev–Trinajstić information content (AvgIpc) is 3.09. The van der Waals surface area contributed by atoms with Gasteiger partial charge in [0.1, 0.15) is 5.75 Å². The van der Waals surface area contributed by atoms with E-state index in [0.717, 1.165) is 10.8 Å². The molecular weight excluding hydrogens is 431 g/mol. The van der Waals surface area contributed by atoms with Crippen LogP contribution in [0, 0.1) is 11.8 Å². The van der Waals surface area contributed by atoms with Gasteiger partial charge < -0.3 is 15.8 Å². The highest BCUT2D eigenvalue weighted by molar-refractivity contribution is 7.90. The second-order valence-corrected chi connectivity index (χ2v) is 8.69. The van der Waals surface area contributed by atoms with E-state index in [1.165, 1.54) is 37.4 Å². The summed E-state index contributed by atoms with van der Waals surface area (Å²) in [6.45, 7) is 0.0667. The molecule has 0 radical (unpaired) electrons. The molecule has 1 atom stereocenters. The summed E-state index contributed by atoms with van der Waals surface area (Å²) in [5.41, 5.74) is 6.98. The number of hydrogen-bond donors (Lipinski definition) is 2. The van der Waals surface area contributed by atoms with Crippen LogP contribution in [-0.4, -0.2) is 39.3 Å². The fourth-order valence-corrected chi connectivity index (χ4v) is 3.71. The number of methoxy groups -OCH3 is 1. The van der Waals surface area contributed by atoms with Gasteiger partial charge in [-0.3, -0.25) is 4.57 Å². The van der Waals surface area contributed by atoms with Crippen molar-refractivity contribution in [2.24, 2.45) is 0 Å². The van der Waals surface area contributed by atoms with Gasteiger partial charge in [0.05, 0.1) is 35.4 Å². The first kappa shape index (κ1) is 22.4. The van der Waals surface area contributed by atoms with E-state index in [4.69, 9.17) is 10.5 Å². The molecule has 10 heteroatoms. The Morgan fingerprint density at radius 2 is 1.94 bits per heavy atom. The summed E-state index contributed by atoms with van der Waals surface area (Å²) < 4.78 is 69.7. The van der Waals surface area contributed by atoms with Gasteiger partial charge in [0.15, 0.2) is 9.84 Å². The molecule has 164 valence electrons. The molecule has 3 aromatic rings. The molecule has 6 nitrogen and oxygen atoms in total. The third-order valence-corrected chi connectivity index (χ3v) is 5.67. The van der Waals surface area contributed by atoms with Crippen LogP contribution in [0.4, 0.5) is 24.5 Å². The second-order valence-electron chi connectivity index (χ2n) is 6.68. The minimum atomic E-state index is -3.40. The smallest absolute Gasteiger partial charge is 0.288 e. The van der Waals surface area contributed by atoms with E-state index in [-0.39, 0.29) is 22.7 Å². The molecule has 0 saturated heterocycles. The number of benzene rings is 2. The van der Waals surface area contributed by atoms with Gasteiger partial charge in [-0.1, -0.05) is 12.0 Å². The number of nitrogens with zero attached hydrogens (tertiary/aromatic N) is 1. The molecule has 0 saturated carbocycles. The summed E-state index contributed by atoms with van der Waals surface area (Å²) in [6, 6.07) is 10.4. The van der Waals surface area contributed by atoms with E-state index in [2.05, 4.69) is 17.2 Å². The van der Waals surface area contributed by atoms with Gasteiger partial charge in [-0.25, -0.2) is 21.6 Å². The van der Waals surface area contributed by atoms with E-state index in [0.29, 0.717) is 22.5 Å². The standard InChI is InChI=1S/C21H20F3N3O3S/c1-30-19-12-14(31(2,28)29)8-9-17(19)26-10-4-5-13-11-15-16(25)6-3-7-18(15)27(13)21(24)20(22)23/h3,6-9,11-12,20-21,26H,10,25H2,1-2H3. The first-order chi connectivity index (χ1) is 14.6. The molecule has 0 aliphatic heterocycles. The fraction of sp³-hybridized carbons (Fsp3) is 0.238. The summed E-state index contributed by atoms with van der Waals surface area (Å²) in [5.74, 6) is 5.75. The Bertz CT molecular complexity index is 1280. The van der Waals surface area contributed by atoms with Crippen LogP contribution in [0.25, 0.3) is 10.9 Å². The summed E-state index contributed by atoms with van der Waals surface area (Å²) in [5, 5.41) is 3.39. The van der Waals surface area contributed by atoms with Crippen molar-refractivity contribution in [2.75, 3.05) is 31.0 Å². The van der Waals surface area contributed by atoms with Crippen molar-refractivity contribution in [3.05, 3.63) is 48.2 Å². The zero-order chi connectivity index (χ0) is 22.8. The van der Waals surface area contributed by atoms with E-state index < -0.39 is 22.6 Å². The third kappa shape index (κ3) is 4.72. The zero-order valence-electron chi connectivity index (χ0n) is 16.7. The van der Waals surface area contributed by atoms with Crippen LogP contribution in [0.1, 0.15) is 12.0 Å². The molecule has 0 aliphatic carbocycles. The van der Waals surface area contributed by atoms with Gasteiger partial charge in [0.2, 0.25) is 6.30 Å². The van der Waals surface area contributed by atoms with Gasteiger partial charge >= 0.3 is 0 Å². The lowest BCUT2D eigenvalue weighted by atomic mass is 10.2. The van der Waals surface area contributed by atoms with Crippen molar-refractivity contribution < 1.29 is 26.3 Å². The molecule has 3 rings (SSSR count). The molecule has 31 heavy (non-hydrogen) atoms. The van der Waals surface area contributed by atoms with Gasteiger partial charge in [-0.2, -0.15) is 0 Å². The Labute approximate surface area is 177 Å². The van der Waals surface area contributed by atoms with E-state index >= 15 is 0 Å². The number of rotatable bonds is 6. The van der Waals surface area contributed by atoms with Crippen molar-refractivity contribution in [2.45, 2.75) is 17.6 Å². The highest BCUT2D eigenvalue weighted by Gasteiger charge is 2.25. The lowest BCUT2D eigenvalue weighted by Crippen LogP contribution is -2.13. The van der Waals surface area contributed by atoms with Crippen LogP contribution in [0.15, 0.2) is 47.4 Å². The lowest BCUT2D eigenvalue weighted by molar-refractivity contribution is 0.0102. The summed E-state index contributed by atoms with van der Waals surface area (Å²) in [7, 11) is -2.00. The summed E-state index contributed by atoms with van der Waals surface area (Å²) in [4.78, 5) is 0.101. The molecule has 0 bridgehead atoms. The Balaban J connectivity index is 1.88. The number of aromatic nitrogens is 1. The maximum absolute atomic E-state index is 14.2. The molecule has 0 fully saturated rings. The van der Waals surface area contributed by atoms with Crippen molar-refractivity contribution in [1.82, 2.24) is 4.57 Å². The minimum absolute atomic E-state index is 0.0573. The Kier molecular flexibility index (Phi) is 6.36. The SMILES string of the molecule is COc1cc(S(C)(=O)=O)ccc1NCC#Cc1cc2c(N)cccc2n1C(F)C(F)F. The summed E-state index contributed by atoms with van der Waals surface area (Å²) in [6.07, 6.45) is -4.71. The number of ether oxygens (including phenoxy) is 1. The molecule has 0 aliphatic rings. The first-order valence-electron chi connectivity index (χ1n) is 9.06. The van der Waals surface area contributed by atoms with Gasteiger partial charge in [-0.15, -0.1) is 0 Å². The van der Waals surface area contributed by atoms with E-state index in [1.54, 1.807) is 12.1 Å². The predicted molar refractivity (Wildman–Crippen MR) is 114 cm³/mol. The zero-order valence-corrected chi connectivity index (χ0v) is 17.5. The van der Waals surface area contributed by atoms with Crippen LogP contribution < -0.4 is 15.8 Å². The number of anilines is 2. The number of sulfone groups is 1. The fourth-order valence-electron chi connectivity index (χ4n) is 3.07. The first-order valence-corrected chi connectivity index (χ1v) is 10.9. The number of nitrogens with two attached hydrogens (primary N) is 1. The Morgan fingerprint density at radius 1 is 1.19 bits per heavy atom. The van der Waals surface area contributed by atoms with Crippen molar-refractivity contribution >= 4 is 32.1 Å². The average molecular weight is 451 g/mol. The molecule has 3 N–H and O–H groups in total. The van der Waals surface area contributed by atoms with Crippen LogP contribution in [-0.2, 0) is 9.84 Å².